The molecule has 1 heterocycles. The van der Waals surface area contributed by atoms with Crippen LogP contribution in [0, 0.1) is 5.82 Å². The number of halogens is 2. The highest BCUT2D eigenvalue weighted by Gasteiger charge is 2.10. The molecule has 0 aliphatic heterocycles. The Labute approximate surface area is 117 Å². The molecule has 0 atom stereocenters. The lowest BCUT2D eigenvalue weighted by molar-refractivity contribution is 0.318. The van der Waals surface area contributed by atoms with E-state index in [0.29, 0.717) is 5.02 Å². The maximum absolute atomic E-state index is 13.6. The number of anilines is 3. The van der Waals surface area contributed by atoms with Crippen LogP contribution in [0.1, 0.15) is 5.82 Å². The third-order valence-corrected chi connectivity index (χ3v) is 2.40. The highest BCUT2D eigenvalue weighted by atomic mass is 35.5. The molecule has 1 aromatic carbocycles. The molecule has 104 valence electrons. The van der Waals surface area contributed by atoms with Gasteiger partial charge in [-0.3, -0.25) is 0 Å². The van der Waals surface area contributed by atoms with Gasteiger partial charge in [0, 0.05) is 5.02 Å². The van der Waals surface area contributed by atoms with Gasteiger partial charge in [0.25, 0.3) is 0 Å². The molecular formula is C10H9ClFN7O. The predicted molar refractivity (Wildman–Crippen MR) is 71.4 cm³/mol. The van der Waals surface area contributed by atoms with Crippen LogP contribution < -0.4 is 16.8 Å². The Balaban J connectivity index is 2.38. The van der Waals surface area contributed by atoms with Crippen molar-refractivity contribution in [3.8, 4) is 0 Å². The van der Waals surface area contributed by atoms with Crippen molar-refractivity contribution in [2.75, 3.05) is 11.1 Å². The summed E-state index contributed by atoms with van der Waals surface area (Å²) in [6.45, 7) is 0. The molecule has 10 heteroatoms. The Bertz CT molecular complexity index is 679. The molecule has 6 N–H and O–H groups in total. The van der Waals surface area contributed by atoms with Gasteiger partial charge in [-0.05, 0) is 18.2 Å². The maximum atomic E-state index is 13.6. The second-order valence-electron chi connectivity index (χ2n) is 3.58. The van der Waals surface area contributed by atoms with Gasteiger partial charge in [-0.25, -0.2) is 4.39 Å². The van der Waals surface area contributed by atoms with Crippen molar-refractivity contribution in [2.24, 2.45) is 10.9 Å². The molecule has 0 saturated heterocycles. The zero-order valence-electron chi connectivity index (χ0n) is 9.88. The van der Waals surface area contributed by atoms with Crippen LogP contribution in [0.4, 0.5) is 22.0 Å². The minimum Gasteiger partial charge on any atom is -0.409 e. The van der Waals surface area contributed by atoms with E-state index in [2.05, 4.69) is 25.4 Å². The van der Waals surface area contributed by atoms with Crippen LogP contribution in [0.2, 0.25) is 5.02 Å². The Kier molecular flexibility index (Phi) is 3.80. The molecule has 0 amide bonds. The topological polar surface area (TPSA) is 135 Å². The molecular weight excluding hydrogens is 289 g/mol. The van der Waals surface area contributed by atoms with Gasteiger partial charge in [-0.15, -0.1) is 0 Å². The summed E-state index contributed by atoms with van der Waals surface area (Å²) in [4.78, 5) is 11.3. The molecule has 1 aromatic heterocycles. The Morgan fingerprint density at radius 3 is 2.80 bits per heavy atom. The van der Waals surface area contributed by atoms with E-state index in [4.69, 9.17) is 28.3 Å². The molecule has 2 rings (SSSR count). The summed E-state index contributed by atoms with van der Waals surface area (Å²) in [7, 11) is 0. The quantitative estimate of drug-likeness (QED) is 0.288. The number of nitrogen functional groups attached to an aromatic ring is 1. The number of nitrogens with two attached hydrogens (primary N) is 2. The van der Waals surface area contributed by atoms with E-state index < -0.39 is 5.82 Å². The lowest BCUT2D eigenvalue weighted by Gasteiger charge is -2.07. The molecule has 0 unspecified atom stereocenters. The molecule has 0 aliphatic carbocycles. The first-order valence-corrected chi connectivity index (χ1v) is 5.59. The molecule has 0 saturated carbocycles. The summed E-state index contributed by atoms with van der Waals surface area (Å²) in [6.07, 6.45) is 0. The van der Waals surface area contributed by atoms with E-state index in [9.17, 15) is 4.39 Å². The number of nitrogens with one attached hydrogen (secondary N) is 1. The molecule has 2 aromatic rings. The number of amidine groups is 1. The van der Waals surface area contributed by atoms with Gasteiger partial charge in [0.2, 0.25) is 23.6 Å². The Morgan fingerprint density at radius 2 is 2.10 bits per heavy atom. The average molecular weight is 298 g/mol. The fraction of sp³-hybridized carbons (Fsp3) is 0. The summed E-state index contributed by atoms with van der Waals surface area (Å²) in [6, 6.07) is 3.92. The highest BCUT2D eigenvalue weighted by Crippen LogP contribution is 2.22. The first kappa shape index (κ1) is 13.7. The van der Waals surface area contributed by atoms with Gasteiger partial charge < -0.3 is 22.0 Å². The van der Waals surface area contributed by atoms with Crippen molar-refractivity contribution in [2.45, 2.75) is 0 Å². The van der Waals surface area contributed by atoms with Gasteiger partial charge in [0.15, 0.2) is 0 Å². The van der Waals surface area contributed by atoms with Crippen molar-refractivity contribution in [3.63, 3.8) is 0 Å². The van der Waals surface area contributed by atoms with Crippen molar-refractivity contribution in [3.05, 3.63) is 34.9 Å². The first-order chi connectivity index (χ1) is 9.49. The van der Waals surface area contributed by atoms with Crippen molar-refractivity contribution >= 4 is 35.0 Å². The third kappa shape index (κ3) is 3.01. The fourth-order valence-electron chi connectivity index (χ4n) is 1.32. The molecule has 0 aliphatic rings. The summed E-state index contributed by atoms with van der Waals surface area (Å²) < 4.78 is 13.6. The molecule has 8 nitrogen and oxygen atoms in total. The Hall–Kier alpha value is -2.68. The second kappa shape index (κ2) is 5.53. The largest absolute Gasteiger partial charge is 0.409 e. The summed E-state index contributed by atoms with van der Waals surface area (Å²) in [5, 5.41) is 14.2. The van der Waals surface area contributed by atoms with Gasteiger partial charge in [0.05, 0.1) is 5.69 Å². The molecule has 0 bridgehead atoms. The van der Waals surface area contributed by atoms with E-state index >= 15 is 0 Å². The van der Waals surface area contributed by atoms with Crippen molar-refractivity contribution in [1.82, 2.24) is 15.0 Å². The van der Waals surface area contributed by atoms with Crippen LogP contribution >= 0.6 is 11.6 Å². The van der Waals surface area contributed by atoms with E-state index in [1.54, 1.807) is 0 Å². The molecule has 0 fully saturated rings. The number of rotatable bonds is 3. The summed E-state index contributed by atoms with van der Waals surface area (Å²) in [5.41, 5.74) is 10.9. The van der Waals surface area contributed by atoms with Crippen LogP contribution in [0.5, 0.6) is 0 Å². The number of hydrogen-bond donors (Lipinski definition) is 4. The molecule has 0 radical (unpaired) electrons. The van der Waals surface area contributed by atoms with Crippen molar-refractivity contribution in [1.29, 1.82) is 0 Å². The summed E-state index contributed by atoms with van der Waals surface area (Å²) >= 11 is 5.76. The van der Waals surface area contributed by atoms with Gasteiger partial charge in [0.1, 0.15) is 5.82 Å². The lowest BCUT2D eigenvalue weighted by Crippen LogP contribution is -2.19. The van der Waals surface area contributed by atoms with E-state index in [1.165, 1.54) is 18.2 Å². The third-order valence-electron chi connectivity index (χ3n) is 2.16. The number of nitrogens with zero attached hydrogens (tertiary/aromatic N) is 4. The number of oxime groups is 1. The van der Waals surface area contributed by atoms with Gasteiger partial charge in [-0.2, -0.15) is 15.0 Å². The first-order valence-electron chi connectivity index (χ1n) is 5.21. The number of benzene rings is 1. The van der Waals surface area contributed by atoms with Crippen LogP contribution in [0.3, 0.4) is 0 Å². The van der Waals surface area contributed by atoms with Crippen LogP contribution in [-0.2, 0) is 0 Å². The fourth-order valence-corrected chi connectivity index (χ4v) is 1.49. The number of aromatic nitrogens is 3. The maximum Gasteiger partial charge on any atom is 0.232 e. The zero-order valence-corrected chi connectivity index (χ0v) is 10.6. The Morgan fingerprint density at radius 1 is 1.35 bits per heavy atom. The average Bonchev–Trinajstić information content (AvgIpc) is 2.41. The van der Waals surface area contributed by atoms with E-state index in [0.717, 1.165) is 0 Å². The SMILES string of the molecule is N/C(=N\O)c1nc(N)nc(Nc2cc(Cl)ccc2F)n1. The van der Waals surface area contributed by atoms with Crippen LogP contribution in [0.25, 0.3) is 0 Å². The lowest BCUT2D eigenvalue weighted by atomic mass is 10.3. The predicted octanol–water partition coefficient (Wildman–Crippen LogP) is 1.08. The minimum absolute atomic E-state index is 0.0496. The highest BCUT2D eigenvalue weighted by molar-refractivity contribution is 6.30. The van der Waals surface area contributed by atoms with Gasteiger partial charge in [-0.1, -0.05) is 16.8 Å². The van der Waals surface area contributed by atoms with E-state index in [-0.39, 0.29) is 29.2 Å². The smallest absolute Gasteiger partial charge is 0.232 e. The zero-order chi connectivity index (χ0) is 14.7. The summed E-state index contributed by atoms with van der Waals surface area (Å²) in [5.74, 6) is -1.30. The number of hydrogen-bond acceptors (Lipinski definition) is 7. The van der Waals surface area contributed by atoms with Crippen LogP contribution in [-0.4, -0.2) is 26.0 Å². The van der Waals surface area contributed by atoms with Crippen molar-refractivity contribution < 1.29 is 9.60 Å². The van der Waals surface area contributed by atoms with Crippen LogP contribution in [0.15, 0.2) is 23.4 Å². The monoisotopic (exact) mass is 297 g/mol. The molecule has 0 spiro atoms. The molecule has 20 heavy (non-hydrogen) atoms. The standard InChI is InChI=1S/C10H9ClFN7O/c11-4-1-2-5(12)6(3-4)15-10-17-8(7(13)19-20)16-9(14)18-10/h1-3,20H,(H2,13,19)(H3,14,15,16,17,18). The van der Waals surface area contributed by atoms with Gasteiger partial charge >= 0.3 is 0 Å². The minimum atomic E-state index is -0.557. The normalized spacial score (nSPS) is 11.4. The van der Waals surface area contributed by atoms with E-state index in [1.807, 2.05) is 0 Å². The second-order valence-corrected chi connectivity index (χ2v) is 4.01.